The zero-order valence-corrected chi connectivity index (χ0v) is 18.3. The summed E-state index contributed by atoms with van der Waals surface area (Å²) >= 11 is 0. The fourth-order valence-electron chi connectivity index (χ4n) is 3.59. The zero-order valence-electron chi connectivity index (χ0n) is 18.3. The lowest BCUT2D eigenvalue weighted by molar-refractivity contribution is -0.141. The molecule has 0 aliphatic carbocycles. The quantitative estimate of drug-likeness (QED) is 0.428. The number of carbonyl (C=O) groups is 2. The fourth-order valence-corrected chi connectivity index (χ4v) is 3.59. The summed E-state index contributed by atoms with van der Waals surface area (Å²) in [5.41, 5.74) is 3.87. The predicted octanol–water partition coefficient (Wildman–Crippen LogP) is 4.56. The van der Waals surface area contributed by atoms with Gasteiger partial charge in [0.05, 0.1) is 19.6 Å². The average Bonchev–Trinajstić information content (AvgIpc) is 2.87. The molecule has 1 amide bonds. The number of fused-ring (bicyclic) bond motifs is 1. The Morgan fingerprint density at radius 3 is 2.36 bits per heavy atom. The van der Waals surface area contributed by atoms with Gasteiger partial charge in [0, 0.05) is 6.08 Å². The molecule has 0 fully saturated rings. The molecule has 33 heavy (non-hydrogen) atoms. The van der Waals surface area contributed by atoms with Crippen LogP contribution in [-0.2, 0) is 14.3 Å². The van der Waals surface area contributed by atoms with Crippen LogP contribution >= 0.6 is 0 Å². The van der Waals surface area contributed by atoms with Gasteiger partial charge in [0.25, 0.3) is 0 Å². The summed E-state index contributed by atoms with van der Waals surface area (Å²) in [6, 6.07) is 22.9. The summed E-state index contributed by atoms with van der Waals surface area (Å²) in [5.74, 6) is 0.505. The lowest BCUT2D eigenvalue weighted by atomic mass is 10.0. The van der Waals surface area contributed by atoms with Gasteiger partial charge in [-0.15, -0.1) is 0 Å². The summed E-state index contributed by atoms with van der Waals surface area (Å²) in [6.45, 7) is 0.947. The zero-order chi connectivity index (χ0) is 23.0. The maximum atomic E-state index is 12.6. The molecule has 1 heterocycles. The molecule has 6 heteroatoms. The first-order chi connectivity index (χ1) is 16.1. The highest BCUT2D eigenvalue weighted by Gasteiger charge is 2.21. The molecule has 0 saturated heterocycles. The summed E-state index contributed by atoms with van der Waals surface area (Å²) in [5, 5.41) is 2.89. The molecule has 0 spiro atoms. The molecular weight excluding hydrogens is 418 g/mol. The van der Waals surface area contributed by atoms with E-state index in [-0.39, 0.29) is 12.3 Å². The second-order valence-corrected chi connectivity index (χ2v) is 7.57. The van der Waals surface area contributed by atoms with Crippen molar-refractivity contribution in [3.8, 4) is 22.6 Å². The molecule has 1 unspecified atom stereocenters. The molecule has 4 rings (SSSR count). The van der Waals surface area contributed by atoms with Crippen LogP contribution < -0.4 is 14.8 Å². The van der Waals surface area contributed by atoms with E-state index in [1.165, 1.54) is 13.2 Å². The second-order valence-electron chi connectivity index (χ2n) is 7.57. The van der Waals surface area contributed by atoms with Gasteiger partial charge in [-0.1, -0.05) is 60.7 Å². The first-order valence-electron chi connectivity index (χ1n) is 10.7. The first kappa shape index (κ1) is 22.1. The van der Waals surface area contributed by atoms with Crippen molar-refractivity contribution in [3.05, 3.63) is 90.0 Å². The van der Waals surface area contributed by atoms with Gasteiger partial charge in [-0.25, -0.2) is 0 Å². The standard InChI is InChI=1S/C27H25NO5/c1-31-27(30)18-23(22-12-13-24-25(17-22)33-16-15-32-24)28-26(29)14-9-19-7-10-21(11-8-19)20-5-3-2-4-6-20/h2-14,17,23H,15-16,18H2,1H3,(H,28,29)/b14-9+. The van der Waals surface area contributed by atoms with Crippen molar-refractivity contribution in [3.63, 3.8) is 0 Å². The van der Waals surface area contributed by atoms with E-state index < -0.39 is 12.0 Å². The maximum absolute atomic E-state index is 12.6. The summed E-state index contributed by atoms with van der Waals surface area (Å²) in [7, 11) is 1.32. The van der Waals surface area contributed by atoms with Gasteiger partial charge in [-0.2, -0.15) is 0 Å². The van der Waals surface area contributed by atoms with E-state index >= 15 is 0 Å². The summed E-state index contributed by atoms with van der Waals surface area (Å²) < 4.78 is 16.0. The van der Waals surface area contributed by atoms with Crippen molar-refractivity contribution in [1.29, 1.82) is 0 Å². The molecule has 3 aromatic carbocycles. The van der Waals surface area contributed by atoms with Crippen molar-refractivity contribution >= 4 is 18.0 Å². The van der Waals surface area contributed by atoms with Crippen LogP contribution in [0.15, 0.2) is 78.9 Å². The van der Waals surface area contributed by atoms with Crippen molar-refractivity contribution < 1.29 is 23.8 Å². The van der Waals surface area contributed by atoms with E-state index in [0.29, 0.717) is 24.7 Å². The number of amides is 1. The number of carbonyl (C=O) groups excluding carboxylic acids is 2. The Morgan fingerprint density at radius 1 is 0.939 bits per heavy atom. The molecule has 0 radical (unpaired) electrons. The van der Waals surface area contributed by atoms with Crippen molar-refractivity contribution in [2.75, 3.05) is 20.3 Å². The number of methoxy groups -OCH3 is 1. The number of ether oxygens (including phenoxy) is 3. The van der Waals surface area contributed by atoms with E-state index in [4.69, 9.17) is 14.2 Å². The number of hydrogen-bond donors (Lipinski definition) is 1. The molecule has 1 N–H and O–H groups in total. The molecule has 1 aliphatic heterocycles. The van der Waals surface area contributed by atoms with E-state index in [9.17, 15) is 9.59 Å². The second kappa shape index (κ2) is 10.5. The van der Waals surface area contributed by atoms with Crippen LogP contribution in [0.1, 0.15) is 23.6 Å². The highest BCUT2D eigenvalue weighted by molar-refractivity contribution is 5.92. The van der Waals surface area contributed by atoms with Gasteiger partial charge >= 0.3 is 5.97 Å². The van der Waals surface area contributed by atoms with Crippen LogP contribution in [0.3, 0.4) is 0 Å². The lowest BCUT2D eigenvalue weighted by Gasteiger charge is -2.22. The molecular formula is C27H25NO5. The van der Waals surface area contributed by atoms with Gasteiger partial charge in [0.1, 0.15) is 13.2 Å². The van der Waals surface area contributed by atoms with Gasteiger partial charge in [0.15, 0.2) is 11.5 Å². The van der Waals surface area contributed by atoms with Gasteiger partial charge in [-0.05, 0) is 40.5 Å². The molecule has 0 saturated carbocycles. The predicted molar refractivity (Wildman–Crippen MR) is 126 cm³/mol. The Hall–Kier alpha value is -4.06. The first-order valence-corrected chi connectivity index (χ1v) is 10.7. The van der Waals surface area contributed by atoms with E-state index in [2.05, 4.69) is 17.4 Å². The van der Waals surface area contributed by atoms with E-state index in [0.717, 1.165) is 22.3 Å². The third kappa shape index (κ3) is 5.80. The molecule has 1 atom stereocenters. The average molecular weight is 443 g/mol. The van der Waals surface area contributed by atoms with E-state index in [1.54, 1.807) is 18.2 Å². The van der Waals surface area contributed by atoms with Crippen molar-refractivity contribution in [1.82, 2.24) is 5.32 Å². The largest absolute Gasteiger partial charge is 0.486 e. The minimum Gasteiger partial charge on any atom is -0.486 e. The molecule has 1 aliphatic rings. The lowest BCUT2D eigenvalue weighted by Crippen LogP contribution is -2.29. The minimum atomic E-state index is -0.564. The Kier molecular flexibility index (Phi) is 7.05. The molecule has 3 aromatic rings. The highest BCUT2D eigenvalue weighted by atomic mass is 16.6. The summed E-state index contributed by atoms with van der Waals surface area (Å²) in [4.78, 5) is 24.6. The molecule has 6 nitrogen and oxygen atoms in total. The maximum Gasteiger partial charge on any atom is 0.307 e. The Labute approximate surface area is 192 Å². The third-order valence-electron chi connectivity index (χ3n) is 5.33. The van der Waals surface area contributed by atoms with Crippen LogP contribution in [0.5, 0.6) is 11.5 Å². The van der Waals surface area contributed by atoms with Crippen molar-refractivity contribution in [2.24, 2.45) is 0 Å². The van der Waals surface area contributed by atoms with Gasteiger partial charge in [-0.3, -0.25) is 9.59 Å². The van der Waals surface area contributed by atoms with Crippen molar-refractivity contribution in [2.45, 2.75) is 12.5 Å². The van der Waals surface area contributed by atoms with Crippen LogP contribution in [0.4, 0.5) is 0 Å². The Morgan fingerprint density at radius 2 is 1.64 bits per heavy atom. The monoisotopic (exact) mass is 443 g/mol. The topological polar surface area (TPSA) is 73.9 Å². The number of nitrogens with one attached hydrogen (secondary N) is 1. The Balaban J connectivity index is 1.45. The number of esters is 1. The molecule has 0 aromatic heterocycles. The SMILES string of the molecule is COC(=O)CC(NC(=O)/C=C/c1ccc(-c2ccccc2)cc1)c1ccc2c(c1)OCCO2. The number of hydrogen-bond acceptors (Lipinski definition) is 5. The van der Waals surface area contributed by atoms with Gasteiger partial charge in [0.2, 0.25) is 5.91 Å². The van der Waals surface area contributed by atoms with Crippen LogP contribution in [0.2, 0.25) is 0 Å². The van der Waals surface area contributed by atoms with Crippen LogP contribution in [-0.4, -0.2) is 32.2 Å². The number of rotatable bonds is 7. The molecule has 0 bridgehead atoms. The van der Waals surface area contributed by atoms with Gasteiger partial charge < -0.3 is 19.5 Å². The van der Waals surface area contributed by atoms with Crippen LogP contribution in [0.25, 0.3) is 17.2 Å². The van der Waals surface area contributed by atoms with Crippen LogP contribution in [0, 0.1) is 0 Å². The third-order valence-corrected chi connectivity index (χ3v) is 5.33. The summed E-state index contributed by atoms with van der Waals surface area (Å²) in [6.07, 6.45) is 3.20. The highest BCUT2D eigenvalue weighted by Crippen LogP contribution is 2.33. The minimum absolute atomic E-state index is 0.00148. The van der Waals surface area contributed by atoms with E-state index in [1.807, 2.05) is 48.5 Å². The Bertz CT molecular complexity index is 1140. The fraction of sp³-hybridized carbons (Fsp3) is 0.185. The number of benzene rings is 3. The smallest absolute Gasteiger partial charge is 0.307 e. The molecule has 168 valence electrons. The normalized spacial score (nSPS) is 13.4.